The first-order chi connectivity index (χ1) is 10.0. The van der Waals surface area contributed by atoms with Gasteiger partial charge in [-0.1, -0.05) is 13.8 Å². The van der Waals surface area contributed by atoms with Gasteiger partial charge in [-0.2, -0.15) is 0 Å². The van der Waals surface area contributed by atoms with Crippen molar-refractivity contribution in [1.29, 1.82) is 0 Å². The largest absolute Gasteiger partial charge is 0.353 e. The summed E-state index contributed by atoms with van der Waals surface area (Å²) in [5.41, 5.74) is 0.995. The zero-order valence-electron chi connectivity index (χ0n) is 13.3. The summed E-state index contributed by atoms with van der Waals surface area (Å²) >= 11 is 0. The van der Waals surface area contributed by atoms with Gasteiger partial charge in [-0.3, -0.25) is 0 Å². The molecule has 2 heterocycles. The summed E-state index contributed by atoms with van der Waals surface area (Å²) in [4.78, 5) is 6.81. The fraction of sp³-hybridized carbons (Fsp3) is 0.706. The Morgan fingerprint density at radius 1 is 1.33 bits per heavy atom. The van der Waals surface area contributed by atoms with Gasteiger partial charge in [0.15, 0.2) is 0 Å². The number of aromatic nitrogens is 1. The predicted octanol–water partition coefficient (Wildman–Crippen LogP) is 3.34. The molecule has 3 rings (SSSR count). The molecule has 1 aromatic heterocycles. The van der Waals surface area contributed by atoms with E-state index in [1.54, 1.807) is 6.07 Å². The minimum atomic E-state index is -0.239. The van der Waals surface area contributed by atoms with E-state index in [1.165, 1.54) is 25.5 Å². The Bertz CT molecular complexity index is 501. The first-order valence-corrected chi connectivity index (χ1v) is 8.19. The van der Waals surface area contributed by atoms with E-state index >= 15 is 0 Å². The summed E-state index contributed by atoms with van der Waals surface area (Å²) < 4.78 is 13.6. The van der Waals surface area contributed by atoms with Crippen molar-refractivity contribution in [3.05, 3.63) is 23.6 Å². The standard InChI is InChI=1S/C17H26FN3/c1-11-6-12(2)13(3)21(10-11)17-14(7-15(18)9-20-17)8-19-16-4-5-16/h7,9,11-13,16,19H,4-6,8,10H2,1-3H3. The SMILES string of the molecule is CC1CC(C)C(C)N(c2ncc(F)cc2CNC2CC2)C1. The zero-order chi connectivity index (χ0) is 15.0. The first-order valence-electron chi connectivity index (χ1n) is 8.19. The van der Waals surface area contributed by atoms with E-state index in [1.807, 2.05) is 0 Å². The number of halogens is 1. The number of hydrogen-bond acceptors (Lipinski definition) is 3. The van der Waals surface area contributed by atoms with Crippen LogP contribution in [0.25, 0.3) is 0 Å². The van der Waals surface area contributed by atoms with Crippen molar-refractivity contribution in [2.24, 2.45) is 11.8 Å². The van der Waals surface area contributed by atoms with Crippen LogP contribution in [-0.4, -0.2) is 23.6 Å². The molecule has 0 amide bonds. The Labute approximate surface area is 126 Å². The Morgan fingerprint density at radius 2 is 2.10 bits per heavy atom. The topological polar surface area (TPSA) is 28.2 Å². The third kappa shape index (κ3) is 3.37. The third-order valence-corrected chi connectivity index (χ3v) is 4.94. The lowest BCUT2D eigenvalue weighted by molar-refractivity contribution is 0.295. The summed E-state index contributed by atoms with van der Waals surface area (Å²) in [5.74, 6) is 2.03. The van der Waals surface area contributed by atoms with Gasteiger partial charge in [0, 0.05) is 30.7 Å². The molecule has 4 heteroatoms. The minimum Gasteiger partial charge on any atom is -0.353 e. The first kappa shape index (κ1) is 14.8. The summed E-state index contributed by atoms with van der Waals surface area (Å²) in [6.45, 7) is 8.59. The molecule has 1 saturated heterocycles. The van der Waals surface area contributed by atoms with Crippen molar-refractivity contribution in [3.8, 4) is 0 Å². The van der Waals surface area contributed by atoms with Crippen LogP contribution in [0.5, 0.6) is 0 Å². The number of hydrogen-bond donors (Lipinski definition) is 1. The van der Waals surface area contributed by atoms with E-state index < -0.39 is 0 Å². The molecule has 1 aliphatic carbocycles. The van der Waals surface area contributed by atoms with Gasteiger partial charge in [-0.25, -0.2) is 9.37 Å². The van der Waals surface area contributed by atoms with Crippen molar-refractivity contribution < 1.29 is 4.39 Å². The van der Waals surface area contributed by atoms with Crippen molar-refractivity contribution in [2.75, 3.05) is 11.4 Å². The lowest BCUT2D eigenvalue weighted by Gasteiger charge is -2.42. The Kier molecular flexibility index (Phi) is 4.16. The highest BCUT2D eigenvalue weighted by atomic mass is 19.1. The second-order valence-electron chi connectivity index (χ2n) is 7.00. The van der Waals surface area contributed by atoms with E-state index in [2.05, 4.69) is 36.0 Å². The number of nitrogens with one attached hydrogen (secondary N) is 1. The van der Waals surface area contributed by atoms with Crippen LogP contribution < -0.4 is 10.2 Å². The van der Waals surface area contributed by atoms with Crippen LogP contribution in [0, 0.1) is 17.7 Å². The maximum atomic E-state index is 13.6. The Morgan fingerprint density at radius 3 is 2.81 bits per heavy atom. The molecule has 1 aliphatic heterocycles. The molecule has 0 radical (unpaired) electrons. The normalized spacial score (nSPS) is 29.7. The number of pyridine rings is 1. The van der Waals surface area contributed by atoms with Gasteiger partial charge in [0.1, 0.15) is 11.6 Å². The molecule has 21 heavy (non-hydrogen) atoms. The van der Waals surface area contributed by atoms with Gasteiger partial charge in [-0.15, -0.1) is 0 Å². The van der Waals surface area contributed by atoms with Gasteiger partial charge in [-0.05, 0) is 44.1 Å². The van der Waals surface area contributed by atoms with Crippen LogP contribution >= 0.6 is 0 Å². The van der Waals surface area contributed by atoms with E-state index in [4.69, 9.17) is 0 Å². The molecular weight excluding hydrogens is 265 g/mol. The van der Waals surface area contributed by atoms with Crippen LogP contribution in [0.15, 0.2) is 12.3 Å². The molecule has 2 aliphatic rings. The average Bonchev–Trinajstić information content (AvgIpc) is 3.25. The molecule has 1 N–H and O–H groups in total. The summed E-state index contributed by atoms with van der Waals surface area (Å²) in [6.07, 6.45) is 5.10. The molecule has 3 atom stereocenters. The molecule has 2 fully saturated rings. The van der Waals surface area contributed by atoms with E-state index in [0.717, 1.165) is 24.5 Å². The highest BCUT2D eigenvalue weighted by Crippen LogP contribution is 2.32. The van der Waals surface area contributed by atoms with Crippen molar-refractivity contribution >= 4 is 5.82 Å². The molecule has 116 valence electrons. The molecule has 0 aromatic carbocycles. The van der Waals surface area contributed by atoms with Gasteiger partial charge in [0.25, 0.3) is 0 Å². The quantitative estimate of drug-likeness (QED) is 0.922. The lowest BCUT2D eigenvalue weighted by Crippen LogP contribution is -2.46. The van der Waals surface area contributed by atoms with Crippen LogP contribution in [-0.2, 0) is 6.54 Å². The molecule has 3 nitrogen and oxygen atoms in total. The van der Waals surface area contributed by atoms with Gasteiger partial charge in [0.2, 0.25) is 0 Å². The highest BCUT2D eigenvalue weighted by Gasteiger charge is 2.31. The molecule has 1 aromatic rings. The second kappa shape index (κ2) is 5.91. The predicted molar refractivity (Wildman–Crippen MR) is 83.8 cm³/mol. The maximum Gasteiger partial charge on any atom is 0.141 e. The fourth-order valence-corrected chi connectivity index (χ4v) is 3.40. The number of piperidine rings is 1. The fourth-order valence-electron chi connectivity index (χ4n) is 3.40. The van der Waals surface area contributed by atoms with Crippen molar-refractivity contribution in [3.63, 3.8) is 0 Å². The van der Waals surface area contributed by atoms with E-state index in [-0.39, 0.29) is 5.82 Å². The van der Waals surface area contributed by atoms with Gasteiger partial charge >= 0.3 is 0 Å². The molecule has 0 spiro atoms. The summed E-state index contributed by atoms with van der Waals surface area (Å²) in [5, 5.41) is 3.48. The highest BCUT2D eigenvalue weighted by molar-refractivity contribution is 5.48. The second-order valence-corrected chi connectivity index (χ2v) is 7.00. The lowest BCUT2D eigenvalue weighted by atomic mass is 9.86. The van der Waals surface area contributed by atoms with Gasteiger partial charge < -0.3 is 10.2 Å². The van der Waals surface area contributed by atoms with Crippen LogP contribution in [0.4, 0.5) is 10.2 Å². The zero-order valence-corrected chi connectivity index (χ0v) is 13.3. The molecule has 0 bridgehead atoms. The smallest absolute Gasteiger partial charge is 0.141 e. The number of anilines is 1. The Balaban J connectivity index is 1.84. The molecular formula is C17H26FN3. The molecule has 3 unspecified atom stereocenters. The number of nitrogens with zero attached hydrogens (tertiary/aromatic N) is 2. The summed E-state index contributed by atoms with van der Waals surface area (Å²) in [6, 6.07) is 2.73. The number of rotatable bonds is 4. The van der Waals surface area contributed by atoms with Crippen LogP contribution in [0.3, 0.4) is 0 Å². The maximum absolute atomic E-state index is 13.6. The van der Waals surface area contributed by atoms with Crippen molar-refractivity contribution in [2.45, 2.75) is 58.7 Å². The monoisotopic (exact) mass is 291 g/mol. The average molecular weight is 291 g/mol. The van der Waals surface area contributed by atoms with E-state index in [0.29, 0.717) is 23.9 Å². The third-order valence-electron chi connectivity index (χ3n) is 4.94. The van der Waals surface area contributed by atoms with Gasteiger partial charge in [0.05, 0.1) is 6.20 Å². The Hall–Kier alpha value is -1.16. The van der Waals surface area contributed by atoms with Crippen LogP contribution in [0.2, 0.25) is 0 Å². The molecule has 1 saturated carbocycles. The van der Waals surface area contributed by atoms with Crippen LogP contribution in [0.1, 0.15) is 45.6 Å². The summed E-state index contributed by atoms with van der Waals surface area (Å²) in [7, 11) is 0. The van der Waals surface area contributed by atoms with Crippen molar-refractivity contribution in [1.82, 2.24) is 10.3 Å². The minimum absolute atomic E-state index is 0.239. The van der Waals surface area contributed by atoms with E-state index in [9.17, 15) is 4.39 Å².